The second kappa shape index (κ2) is 12.1. The fraction of sp³-hybridized carbons (Fsp3) is 0.400. The van der Waals surface area contributed by atoms with Crippen LogP contribution >= 0.6 is 0 Å². The molecule has 0 radical (unpaired) electrons. The van der Waals surface area contributed by atoms with Crippen LogP contribution in [0.15, 0.2) is 42.6 Å². The molecular weight excluding hydrogens is 565 g/mol. The molecule has 2 fully saturated rings. The van der Waals surface area contributed by atoms with Gasteiger partial charge < -0.3 is 19.1 Å². The molecule has 2 saturated heterocycles. The average molecular weight is 595 g/mol. The Bertz CT molecular complexity index is 1690. The number of likely N-dealkylation sites (tertiary alicyclic amines) is 1. The SMILES string of the molecule is N#Cc1ccc(COc2nn(C3CCN(Cc4nc5ccc(C(=O)O)cc5n4CC4CCO4)CC3)cc2C(F)F)c(F)c1. The number of aromatic nitrogens is 4. The number of ether oxygens (including phenoxy) is 2. The lowest BCUT2D eigenvalue weighted by atomic mass is 10.1. The zero-order valence-electron chi connectivity index (χ0n) is 23.1. The first-order valence-electron chi connectivity index (χ1n) is 14.0. The van der Waals surface area contributed by atoms with Crippen LogP contribution in [0.3, 0.4) is 0 Å². The molecule has 0 amide bonds. The maximum Gasteiger partial charge on any atom is 0.335 e. The largest absolute Gasteiger partial charge is 0.478 e. The van der Waals surface area contributed by atoms with E-state index in [1.807, 2.05) is 10.6 Å². The summed E-state index contributed by atoms with van der Waals surface area (Å²) >= 11 is 0. The number of imidazole rings is 1. The van der Waals surface area contributed by atoms with E-state index >= 15 is 0 Å². The van der Waals surface area contributed by atoms with Crippen LogP contribution < -0.4 is 4.74 Å². The first kappa shape index (κ1) is 28.7. The third-order valence-corrected chi connectivity index (χ3v) is 8.06. The van der Waals surface area contributed by atoms with Gasteiger partial charge in [-0.25, -0.2) is 22.9 Å². The van der Waals surface area contributed by atoms with E-state index in [4.69, 9.17) is 19.7 Å². The van der Waals surface area contributed by atoms with Crippen LogP contribution in [0.2, 0.25) is 0 Å². The van der Waals surface area contributed by atoms with Gasteiger partial charge in [-0.15, -0.1) is 5.10 Å². The number of hydrogen-bond acceptors (Lipinski definition) is 7. The molecule has 4 aromatic rings. The summed E-state index contributed by atoms with van der Waals surface area (Å²) in [5, 5.41) is 22.7. The quantitative estimate of drug-likeness (QED) is 0.270. The molecular formula is C30H29F3N6O4. The predicted octanol–water partition coefficient (Wildman–Crippen LogP) is 5.08. The molecule has 0 aliphatic carbocycles. The van der Waals surface area contributed by atoms with Gasteiger partial charge in [0.1, 0.15) is 18.2 Å². The molecule has 0 spiro atoms. The Morgan fingerprint density at radius 3 is 2.63 bits per heavy atom. The average Bonchev–Trinajstić information content (AvgIpc) is 3.55. The Kier molecular flexibility index (Phi) is 8.05. The number of nitriles is 1. The van der Waals surface area contributed by atoms with Crippen LogP contribution in [0.5, 0.6) is 5.88 Å². The Balaban J connectivity index is 1.13. The molecule has 13 heteroatoms. The minimum Gasteiger partial charge on any atom is -0.478 e. The minimum absolute atomic E-state index is 0.0593. The van der Waals surface area contributed by atoms with Crippen molar-refractivity contribution in [1.29, 1.82) is 5.26 Å². The number of benzene rings is 2. The van der Waals surface area contributed by atoms with Crippen molar-refractivity contribution in [2.45, 2.75) is 57.5 Å². The van der Waals surface area contributed by atoms with Crippen molar-refractivity contribution in [2.24, 2.45) is 0 Å². The lowest BCUT2D eigenvalue weighted by molar-refractivity contribution is -0.0592. The molecule has 43 heavy (non-hydrogen) atoms. The molecule has 2 aliphatic heterocycles. The first-order valence-corrected chi connectivity index (χ1v) is 14.0. The highest BCUT2D eigenvalue weighted by molar-refractivity contribution is 5.92. The maximum atomic E-state index is 14.3. The van der Waals surface area contributed by atoms with Gasteiger partial charge in [-0.05, 0) is 49.6 Å². The second-order valence-corrected chi connectivity index (χ2v) is 10.8. The standard InChI is InChI=1S/C30H29F3N6O4/c31-24-11-18(13-34)1-2-20(24)17-43-29-23(28(32)33)15-39(36-29)21-5-8-37(9-6-21)16-27-35-25-4-3-19(30(40)41)12-26(25)38(27)14-22-7-10-42-22/h1-4,11-12,15,21-22,28H,5-10,14,16-17H2,(H,40,41). The number of alkyl halides is 2. The maximum absolute atomic E-state index is 14.3. The summed E-state index contributed by atoms with van der Waals surface area (Å²) in [4.78, 5) is 18.6. The Hall–Kier alpha value is -4.41. The molecule has 224 valence electrons. The lowest BCUT2D eigenvalue weighted by Crippen LogP contribution is -2.36. The van der Waals surface area contributed by atoms with E-state index in [0.717, 1.165) is 29.3 Å². The molecule has 1 unspecified atom stereocenters. The fourth-order valence-corrected chi connectivity index (χ4v) is 5.52. The summed E-state index contributed by atoms with van der Waals surface area (Å²) in [6.07, 6.45) is 0.787. The van der Waals surface area contributed by atoms with Crippen molar-refractivity contribution in [2.75, 3.05) is 19.7 Å². The smallest absolute Gasteiger partial charge is 0.335 e. The molecule has 0 saturated carbocycles. The van der Waals surface area contributed by atoms with Gasteiger partial charge in [0, 0.05) is 31.5 Å². The topological polar surface area (TPSA) is 118 Å². The van der Waals surface area contributed by atoms with Gasteiger partial charge in [0.05, 0.1) is 59.0 Å². The van der Waals surface area contributed by atoms with Crippen molar-refractivity contribution in [3.05, 3.63) is 76.5 Å². The molecule has 1 atom stereocenters. The van der Waals surface area contributed by atoms with Crippen LogP contribution in [0.25, 0.3) is 11.0 Å². The van der Waals surface area contributed by atoms with Gasteiger partial charge in [0.25, 0.3) is 6.43 Å². The molecule has 2 aliphatic rings. The predicted molar refractivity (Wildman–Crippen MR) is 147 cm³/mol. The van der Waals surface area contributed by atoms with E-state index in [2.05, 4.69) is 10.00 Å². The number of hydrogen-bond donors (Lipinski definition) is 1. The summed E-state index contributed by atoms with van der Waals surface area (Å²) in [5.41, 5.74) is 1.61. The summed E-state index contributed by atoms with van der Waals surface area (Å²) in [5.74, 6) is -1.08. The molecule has 2 aromatic carbocycles. The Morgan fingerprint density at radius 1 is 1.19 bits per heavy atom. The lowest BCUT2D eigenvalue weighted by Gasteiger charge is -2.32. The van der Waals surface area contributed by atoms with E-state index in [0.29, 0.717) is 45.6 Å². The van der Waals surface area contributed by atoms with Gasteiger partial charge in [-0.1, -0.05) is 6.07 Å². The zero-order valence-corrected chi connectivity index (χ0v) is 23.1. The third kappa shape index (κ3) is 6.07. The van der Waals surface area contributed by atoms with Crippen LogP contribution in [-0.4, -0.2) is 61.1 Å². The number of carboxylic acids is 1. The summed E-state index contributed by atoms with van der Waals surface area (Å²) in [6.45, 7) is 2.88. The molecule has 2 aromatic heterocycles. The number of carbonyl (C=O) groups is 1. The highest BCUT2D eigenvalue weighted by Crippen LogP contribution is 2.33. The molecule has 0 bridgehead atoms. The molecule has 10 nitrogen and oxygen atoms in total. The van der Waals surface area contributed by atoms with Gasteiger partial charge in [-0.3, -0.25) is 9.58 Å². The van der Waals surface area contributed by atoms with Gasteiger partial charge in [0.2, 0.25) is 5.88 Å². The van der Waals surface area contributed by atoms with Crippen LogP contribution in [0.4, 0.5) is 13.2 Å². The Morgan fingerprint density at radius 2 is 1.98 bits per heavy atom. The van der Waals surface area contributed by atoms with Crippen LogP contribution in [0, 0.1) is 17.1 Å². The van der Waals surface area contributed by atoms with E-state index in [1.165, 1.54) is 23.0 Å². The summed E-state index contributed by atoms with van der Waals surface area (Å²) in [6, 6.07) is 10.5. The normalized spacial score (nSPS) is 17.7. The first-order chi connectivity index (χ1) is 20.8. The van der Waals surface area contributed by atoms with Crippen LogP contribution in [-0.2, 0) is 24.4 Å². The molecule has 4 heterocycles. The van der Waals surface area contributed by atoms with Gasteiger partial charge in [0.15, 0.2) is 0 Å². The number of carboxylic acid groups (broad SMARTS) is 1. The van der Waals surface area contributed by atoms with Crippen molar-refractivity contribution < 1.29 is 32.5 Å². The van der Waals surface area contributed by atoms with Crippen LogP contribution in [0.1, 0.15) is 64.6 Å². The van der Waals surface area contributed by atoms with Gasteiger partial charge >= 0.3 is 5.97 Å². The van der Waals surface area contributed by atoms with E-state index in [-0.39, 0.29) is 46.9 Å². The number of fused-ring (bicyclic) bond motifs is 1. The number of aromatic carboxylic acids is 1. The number of halogens is 3. The second-order valence-electron chi connectivity index (χ2n) is 10.8. The molecule has 6 rings (SSSR count). The van der Waals surface area contributed by atoms with E-state index in [9.17, 15) is 23.1 Å². The zero-order chi connectivity index (χ0) is 30.1. The Labute approximate surface area is 244 Å². The van der Waals surface area contributed by atoms with Crippen molar-refractivity contribution in [1.82, 2.24) is 24.2 Å². The summed E-state index contributed by atoms with van der Waals surface area (Å²) < 4.78 is 56.6. The van der Waals surface area contributed by atoms with Crippen molar-refractivity contribution >= 4 is 17.0 Å². The summed E-state index contributed by atoms with van der Waals surface area (Å²) in [7, 11) is 0. The van der Waals surface area contributed by atoms with E-state index < -0.39 is 18.2 Å². The monoisotopic (exact) mass is 594 g/mol. The number of piperidine rings is 1. The van der Waals surface area contributed by atoms with Crippen molar-refractivity contribution in [3.63, 3.8) is 0 Å². The number of nitrogens with zero attached hydrogens (tertiary/aromatic N) is 6. The third-order valence-electron chi connectivity index (χ3n) is 8.06. The number of rotatable bonds is 10. The highest BCUT2D eigenvalue weighted by atomic mass is 19.3. The van der Waals surface area contributed by atoms with Crippen molar-refractivity contribution in [3.8, 4) is 11.9 Å². The molecule has 1 N–H and O–H groups in total. The highest BCUT2D eigenvalue weighted by Gasteiger charge is 2.28. The van der Waals surface area contributed by atoms with Gasteiger partial charge in [-0.2, -0.15) is 5.26 Å². The fourth-order valence-electron chi connectivity index (χ4n) is 5.52. The van der Waals surface area contributed by atoms with E-state index in [1.54, 1.807) is 18.2 Å². The minimum atomic E-state index is -2.82.